The van der Waals surface area contributed by atoms with Gasteiger partial charge < -0.3 is 29.4 Å². The van der Waals surface area contributed by atoms with Crippen LogP contribution in [0.1, 0.15) is 22.3 Å². The Hall–Kier alpha value is -17.3. The van der Waals surface area contributed by atoms with Crippen molar-refractivity contribution in [3.05, 3.63) is 544 Å². The molecule has 0 saturated carbocycles. The molecule has 6 heteroatoms. The first-order valence-electron chi connectivity index (χ1n) is 45.0. The Morgan fingerprint density at radius 2 is 0.351 bits per heavy atom. The van der Waals surface area contributed by atoms with E-state index in [0.29, 0.717) is 0 Å². The molecule has 0 unspecified atom stereocenters. The summed E-state index contributed by atoms with van der Waals surface area (Å²) in [6.07, 6.45) is 0. The molecule has 0 bridgehead atoms. The smallest absolute Gasteiger partial charge is 0.0728 e. The standard InChI is InChI=1S/C125H86N6/c1-8-37-97(38-9-1)126(98-39-10-2-11-40-98)109-71-76-115-116-77-72-110(127(99-41-12-3-13-42-99)100-43-14-4-15-44-100)84-120(116)125(119(115)83-109)121-85-111(128(101-45-16-5-17-46-101)102-47-18-6-19-48-102)73-78-117(121)118-79-74-112(86-122(118)125)129(103-49-20-7-21-50-103)104-63-58-91(59-64-104)95-62-75-114-96(80-95)36-29-53-124(114)131(108-70-61-88-31-23-25-34-94(88)82-108)106-67-56-90(57-68-106)89-54-65-105(66-55-89)130(107-69-60-87-30-22-24-33-93(87)81-107)123-52-28-35-92-32-26-27-51-113(92)123/h1-86H. The molecule has 0 heterocycles. The molecule has 22 aromatic rings. The van der Waals surface area contributed by atoms with E-state index in [1.54, 1.807) is 0 Å². The molecule has 0 radical (unpaired) electrons. The lowest BCUT2D eigenvalue weighted by Crippen LogP contribution is -2.27. The number of para-hydroxylation sites is 7. The molecule has 0 N–H and O–H groups in total. The zero-order valence-corrected chi connectivity index (χ0v) is 71.8. The van der Waals surface area contributed by atoms with Crippen molar-refractivity contribution in [1.82, 2.24) is 0 Å². The third-order valence-corrected chi connectivity index (χ3v) is 26.5. The summed E-state index contributed by atoms with van der Waals surface area (Å²) in [6.45, 7) is 0. The summed E-state index contributed by atoms with van der Waals surface area (Å²) in [7, 11) is 0. The van der Waals surface area contributed by atoms with E-state index < -0.39 is 5.41 Å². The fraction of sp³-hybridized carbons (Fsp3) is 0.00800. The van der Waals surface area contributed by atoms with Crippen LogP contribution in [0.3, 0.4) is 0 Å². The fourth-order valence-corrected chi connectivity index (χ4v) is 20.5. The summed E-state index contributed by atoms with van der Waals surface area (Å²) in [4.78, 5) is 14.5. The van der Waals surface area contributed by atoms with Crippen LogP contribution in [0.15, 0.2) is 522 Å². The van der Waals surface area contributed by atoms with E-state index >= 15 is 0 Å². The van der Waals surface area contributed by atoms with Crippen molar-refractivity contribution in [2.24, 2.45) is 0 Å². The zero-order valence-electron chi connectivity index (χ0n) is 71.8. The molecule has 0 saturated heterocycles. The number of nitrogens with zero attached hydrogens (tertiary/aromatic N) is 6. The Morgan fingerprint density at radius 1 is 0.122 bits per heavy atom. The highest BCUT2D eigenvalue weighted by molar-refractivity contribution is 6.05. The summed E-state index contributed by atoms with van der Waals surface area (Å²) >= 11 is 0. The number of anilines is 18. The summed E-state index contributed by atoms with van der Waals surface area (Å²) in [5.74, 6) is 0. The SMILES string of the molecule is c1ccc(N(c2ccccc2)c2ccc3c(c2)C2(c4cc(N(c5ccccc5)c5ccccc5)ccc4-3)c3cc(N(c4ccccc4)c4ccccc4)ccc3-c3ccc(N(c4ccccc4)c4ccc(-c5ccc6c(N(c7ccc(-c8ccc(N(c9ccc%10ccccc%10c9)c9cccc%10ccccc9%10)cc8)cc7)c7ccc8ccccc8c7)cccc6c5)cc4)cc32)cc1. The predicted octanol–water partition coefficient (Wildman–Crippen LogP) is 34.8. The van der Waals surface area contributed by atoms with E-state index in [1.165, 1.54) is 76.8 Å². The zero-order chi connectivity index (χ0) is 86.7. The van der Waals surface area contributed by atoms with E-state index in [9.17, 15) is 0 Å². The topological polar surface area (TPSA) is 19.4 Å². The maximum absolute atomic E-state index is 2.53. The molecule has 0 amide bonds. The molecule has 0 aromatic heterocycles. The van der Waals surface area contributed by atoms with Crippen molar-refractivity contribution in [1.29, 1.82) is 0 Å². The van der Waals surface area contributed by atoms with Gasteiger partial charge in [-0.05, 0) is 311 Å². The van der Waals surface area contributed by atoms with Crippen LogP contribution in [0.5, 0.6) is 0 Å². The lowest BCUT2D eigenvalue weighted by atomic mass is 9.70. The van der Waals surface area contributed by atoms with E-state index in [-0.39, 0.29) is 0 Å². The highest BCUT2D eigenvalue weighted by atomic mass is 15.2. The van der Waals surface area contributed by atoms with Gasteiger partial charge in [0.2, 0.25) is 0 Å². The summed E-state index contributed by atoms with van der Waals surface area (Å²) in [6, 6.07) is 192. The predicted molar refractivity (Wildman–Crippen MR) is 552 cm³/mol. The number of hydrogen-bond acceptors (Lipinski definition) is 6. The van der Waals surface area contributed by atoms with Gasteiger partial charge in [-0.25, -0.2) is 0 Å². The fourth-order valence-electron chi connectivity index (χ4n) is 20.5. The number of fused-ring (bicyclic) bond motifs is 14. The first-order chi connectivity index (χ1) is 64.9. The van der Waals surface area contributed by atoms with Gasteiger partial charge in [-0.15, -0.1) is 0 Å². The van der Waals surface area contributed by atoms with Gasteiger partial charge in [-0.1, -0.05) is 309 Å². The van der Waals surface area contributed by atoms with Gasteiger partial charge in [0.25, 0.3) is 0 Å². The third kappa shape index (κ3) is 13.8. The van der Waals surface area contributed by atoms with Crippen LogP contribution in [-0.4, -0.2) is 0 Å². The van der Waals surface area contributed by atoms with Crippen LogP contribution in [0.4, 0.5) is 102 Å². The average molecular weight is 1670 g/mol. The van der Waals surface area contributed by atoms with Crippen LogP contribution in [-0.2, 0) is 5.41 Å². The number of hydrogen-bond donors (Lipinski definition) is 0. The minimum atomic E-state index is -0.915. The largest absolute Gasteiger partial charge is 0.310 e. The average Bonchev–Trinajstić information content (AvgIpc) is 1.50. The molecule has 0 fully saturated rings. The number of benzene rings is 22. The van der Waals surface area contributed by atoms with Crippen molar-refractivity contribution in [3.8, 4) is 44.5 Å². The van der Waals surface area contributed by atoms with Crippen molar-refractivity contribution in [3.63, 3.8) is 0 Å². The maximum Gasteiger partial charge on any atom is 0.0728 e. The lowest BCUT2D eigenvalue weighted by Gasteiger charge is -2.35. The Labute approximate surface area is 763 Å². The van der Waals surface area contributed by atoms with E-state index in [0.717, 1.165) is 135 Å². The normalized spacial score (nSPS) is 12.0. The van der Waals surface area contributed by atoms with Crippen molar-refractivity contribution in [2.45, 2.75) is 5.41 Å². The first kappa shape index (κ1) is 77.3. The second-order valence-electron chi connectivity index (χ2n) is 33.9. The minimum Gasteiger partial charge on any atom is -0.310 e. The molecule has 2 aliphatic carbocycles. The second-order valence-corrected chi connectivity index (χ2v) is 33.9. The molecule has 0 atom stereocenters. The molecule has 131 heavy (non-hydrogen) atoms. The number of rotatable bonds is 20. The second kappa shape index (κ2) is 32.9. The van der Waals surface area contributed by atoms with Gasteiger partial charge >= 0.3 is 0 Å². The van der Waals surface area contributed by atoms with Crippen LogP contribution in [0.2, 0.25) is 0 Å². The molecular weight excluding hydrogens is 1590 g/mol. The van der Waals surface area contributed by atoms with Gasteiger partial charge in [0.05, 0.1) is 16.8 Å². The summed E-state index contributed by atoms with van der Waals surface area (Å²) < 4.78 is 0. The highest BCUT2D eigenvalue weighted by Gasteiger charge is 2.53. The molecular formula is C125H86N6. The Morgan fingerprint density at radius 3 is 0.687 bits per heavy atom. The monoisotopic (exact) mass is 1670 g/mol. The first-order valence-corrected chi connectivity index (χ1v) is 45.0. The molecule has 22 aromatic carbocycles. The summed E-state index contributed by atoms with van der Waals surface area (Å²) in [5, 5.41) is 9.47. The molecule has 0 aliphatic heterocycles. The lowest BCUT2D eigenvalue weighted by molar-refractivity contribution is 0.793. The van der Waals surface area contributed by atoms with Crippen molar-refractivity contribution < 1.29 is 0 Å². The van der Waals surface area contributed by atoms with Crippen molar-refractivity contribution >= 4 is 145 Å². The highest BCUT2D eigenvalue weighted by Crippen LogP contribution is 2.66. The Bertz CT molecular complexity index is 7630. The molecule has 24 rings (SSSR count). The maximum atomic E-state index is 2.53. The quantitative estimate of drug-likeness (QED) is 0.0752. The molecule has 6 nitrogen and oxygen atoms in total. The van der Waals surface area contributed by atoms with E-state index in [1.807, 2.05) is 0 Å². The summed E-state index contributed by atoms with van der Waals surface area (Å²) in [5.41, 5.74) is 32.4. The van der Waals surface area contributed by atoms with Crippen LogP contribution >= 0.6 is 0 Å². The third-order valence-electron chi connectivity index (χ3n) is 26.5. The van der Waals surface area contributed by atoms with Gasteiger partial charge in [-0.2, -0.15) is 0 Å². The van der Waals surface area contributed by atoms with Crippen LogP contribution in [0.25, 0.3) is 87.6 Å². The van der Waals surface area contributed by atoms with Gasteiger partial charge in [-0.3, -0.25) is 0 Å². The Kier molecular flexibility index (Phi) is 19.4. The van der Waals surface area contributed by atoms with E-state index in [4.69, 9.17) is 0 Å². The van der Waals surface area contributed by atoms with Crippen molar-refractivity contribution in [2.75, 3.05) is 29.4 Å². The minimum absolute atomic E-state index is 0.915. The molecule has 2 aliphatic rings. The van der Waals surface area contributed by atoms with Gasteiger partial charge in [0, 0.05) is 102 Å². The van der Waals surface area contributed by atoms with Crippen LogP contribution in [0, 0.1) is 0 Å². The molecule has 616 valence electrons. The molecule has 1 spiro atoms. The van der Waals surface area contributed by atoms with Crippen LogP contribution < -0.4 is 29.4 Å². The van der Waals surface area contributed by atoms with E-state index in [2.05, 4.69) is 551 Å². The Balaban J connectivity index is 0.625. The van der Waals surface area contributed by atoms with Gasteiger partial charge in [0.15, 0.2) is 0 Å². The van der Waals surface area contributed by atoms with Gasteiger partial charge in [0.1, 0.15) is 0 Å².